The number of pyridine rings is 1. The number of aromatic nitrogens is 1. The van der Waals surface area contributed by atoms with Gasteiger partial charge in [0.25, 0.3) is 0 Å². The van der Waals surface area contributed by atoms with Crippen molar-refractivity contribution in [2.75, 3.05) is 0 Å². The number of nitrogens with zero attached hydrogens (tertiary/aromatic N) is 1. The van der Waals surface area contributed by atoms with Crippen molar-refractivity contribution in [3.05, 3.63) is 47.0 Å². The molecule has 0 radical (unpaired) electrons. The highest BCUT2D eigenvalue weighted by Gasteiger charge is 2.11. The monoisotopic (exact) mass is 269 g/mol. The van der Waals surface area contributed by atoms with Crippen molar-refractivity contribution in [3.8, 4) is 0 Å². The summed E-state index contributed by atoms with van der Waals surface area (Å²) < 4.78 is 5.17. The van der Waals surface area contributed by atoms with Crippen molar-refractivity contribution >= 4 is 29.3 Å². The summed E-state index contributed by atoms with van der Waals surface area (Å²) in [7, 11) is 0. The lowest BCUT2D eigenvalue weighted by atomic mass is 10.3. The lowest BCUT2D eigenvalue weighted by Gasteiger charge is -2.02. The Hall–Kier alpha value is -1.46. The highest BCUT2D eigenvalue weighted by molar-refractivity contribution is 7.98. The van der Waals surface area contributed by atoms with Gasteiger partial charge in [0.1, 0.15) is 5.76 Å². The predicted octanol–water partition coefficient (Wildman–Crippen LogP) is 3.32. The first kappa shape index (κ1) is 12.0. The van der Waals surface area contributed by atoms with Gasteiger partial charge in [0, 0.05) is 0 Å². The molecule has 2 aromatic rings. The molecule has 0 fully saturated rings. The van der Waals surface area contributed by atoms with E-state index in [-0.39, 0.29) is 10.7 Å². The number of carboxylic acids is 1. The quantitative estimate of drug-likeness (QED) is 0.863. The fourth-order valence-corrected chi connectivity index (χ4v) is 2.15. The zero-order chi connectivity index (χ0) is 12.3. The summed E-state index contributed by atoms with van der Waals surface area (Å²) in [5.74, 6) is 0.278. The molecule has 0 atom stereocenters. The van der Waals surface area contributed by atoms with Gasteiger partial charge in [0.15, 0.2) is 5.69 Å². The van der Waals surface area contributed by atoms with Crippen molar-refractivity contribution in [1.82, 2.24) is 4.98 Å². The second-order valence-electron chi connectivity index (χ2n) is 3.15. The van der Waals surface area contributed by atoms with Crippen molar-refractivity contribution in [2.24, 2.45) is 0 Å². The maximum absolute atomic E-state index is 10.8. The number of hydrogen-bond acceptors (Lipinski definition) is 4. The second-order valence-corrected chi connectivity index (χ2v) is 4.56. The Morgan fingerprint density at radius 3 is 2.94 bits per heavy atom. The van der Waals surface area contributed by atoms with Crippen molar-refractivity contribution in [1.29, 1.82) is 0 Å². The van der Waals surface area contributed by atoms with Crippen LogP contribution in [-0.2, 0) is 5.75 Å². The third-order valence-corrected chi connectivity index (χ3v) is 3.22. The molecule has 17 heavy (non-hydrogen) atoms. The van der Waals surface area contributed by atoms with Crippen LogP contribution in [0.3, 0.4) is 0 Å². The summed E-state index contributed by atoms with van der Waals surface area (Å²) in [5.41, 5.74) is -0.129. The van der Waals surface area contributed by atoms with Crippen LogP contribution in [0.25, 0.3) is 0 Å². The standard InChI is InChI=1S/C11H8ClNO3S/c12-8-3-4-9(13-10(8)11(14)15)17-6-7-2-1-5-16-7/h1-5H,6H2,(H,14,15). The van der Waals surface area contributed by atoms with E-state index < -0.39 is 5.97 Å². The molecule has 2 aromatic heterocycles. The molecule has 2 rings (SSSR count). The molecule has 0 aromatic carbocycles. The van der Waals surface area contributed by atoms with Crippen LogP contribution in [0.1, 0.15) is 16.2 Å². The van der Waals surface area contributed by atoms with Gasteiger partial charge >= 0.3 is 5.97 Å². The number of carbonyl (C=O) groups is 1. The molecule has 4 nitrogen and oxygen atoms in total. The van der Waals surface area contributed by atoms with E-state index in [4.69, 9.17) is 21.1 Å². The Labute approximate surface area is 107 Å². The second kappa shape index (κ2) is 5.25. The maximum atomic E-state index is 10.8. The van der Waals surface area contributed by atoms with Crippen LogP contribution in [0.5, 0.6) is 0 Å². The number of aromatic carboxylic acids is 1. The van der Waals surface area contributed by atoms with Gasteiger partial charge in [0.2, 0.25) is 0 Å². The Kier molecular flexibility index (Phi) is 3.71. The van der Waals surface area contributed by atoms with Crippen LogP contribution in [-0.4, -0.2) is 16.1 Å². The average molecular weight is 270 g/mol. The third-order valence-electron chi connectivity index (χ3n) is 1.97. The Morgan fingerprint density at radius 1 is 1.47 bits per heavy atom. The van der Waals surface area contributed by atoms with E-state index >= 15 is 0 Å². The molecule has 0 saturated heterocycles. The number of hydrogen-bond donors (Lipinski definition) is 1. The number of carboxylic acid groups (broad SMARTS) is 1. The molecular formula is C11H8ClNO3S. The molecular weight excluding hydrogens is 262 g/mol. The summed E-state index contributed by atoms with van der Waals surface area (Å²) in [4.78, 5) is 14.8. The topological polar surface area (TPSA) is 63.3 Å². The lowest BCUT2D eigenvalue weighted by Crippen LogP contribution is -2.01. The van der Waals surface area contributed by atoms with Crippen molar-refractivity contribution in [3.63, 3.8) is 0 Å². The smallest absolute Gasteiger partial charge is 0.356 e. The van der Waals surface area contributed by atoms with Crippen LogP contribution in [0, 0.1) is 0 Å². The van der Waals surface area contributed by atoms with Crippen LogP contribution < -0.4 is 0 Å². The first-order valence-corrected chi connectivity index (χ1v) is 6.08. The first-order valence-electron chi connectivity index (χ1n) is 4.72. The van der Waals surface area contributed by atoms with E-state index in [9.17, 15) is 4.79 Å². The summed E-state index contributed by atoms with van der Waals surface area (Å²) in [6.07, 6.45) is 1.59. The molecule has 0 aliphatic carbocycles. The lowest BCUT2D eigenvalue weighted by molar-refractivity contribution is 0.0690. The van der Waals surface area contributed by atoms with Gasteiger partial charge in [-0.3, -0.25) is 0 Å². The normalized spacial score (nSPS) is 10.4. The van der Waals surface area contributed by atoms with Gasteiger partial charge in [-0.05, 0) is 24.3 Å². The zero-order valence-electron chi connectivity index (χ0n) is 8.59. The minimum absolute atomic E-state index is 0.129. The molecule has 2 heterocycles. The van der Waals surface area contributed by atoms with Gasteiger partial charge in [-0.1, -0.05) is 23.4 Å². The molecule has 6 heteroatoms. The number of halogens is 1. The van der Waals surface area contributed by atoms with Gasteiger partial charge < -0.3 is 9.52 Å². The minimum Gasteiger partial charge on any atom is -0.476 e. The van der Waals surface area contributed by atoms with Gasteiger partial charge in [-0.2, -0.15) is 0 Å². The molecule has 0 aliphatic heterocycles. The van der Waals surface area contributed by atoms with Gasteiger partial charge in [-0.15, -0.1) is 0 Å². The van der Waals surface area contributed by atoms with E-state index in [1.54, 1.807) is 18.4 Å². The Bertz CT molecular complexity index is 528. The molecule has 0 aliphatic rings. The van der Waals surface area contributed by atoms with Crippen molar-refractivity contribution < 1.29 is 14.3 Å². The molecule has 0 bridgehead atoms. The van der Waals surface area contributed by atoms with Gasteiger partial charge in [0.05, 0.1) is 22.1 Å². The van der Waals surface area contributed by atoms with Crippen LogP contribution in [0.15, 0.2) is 40.0 Å². The number of furan rings is 1. The molecule has 0 saturated carbocycles. The number of rotatable bonds is 4. The minimum atomic E-state index is -1.13. The van der Waals surface area contributed by atoms with Gasteiger partial charge in [-0.25, -0.2) is 9.78 Å². The summed E-state index contributed by atoms with van der Waals surface area (Å²) >= 11 is 7.11. The first-order chi connectivity index (χ1) is 8.16. The fraction of sp³-hybridized carbons (Fsp3) is 0.0909. The highest BCUT2D eigenvalue weighted by Crippen LogP contribution is 2.24. The SMILES string of the molecule is O=C(O)c1nc(SCc2ccco2)ccc1Cl. The van der Waals surface area contributed by atoms with Crippen molar-refractivity contribution in [2.45, 2.75) is 10.8 Å². The van der Waals surface area contributed by atoms with E-state index in [0.29, 0.717) is 10.8 Å². The number of thioether (sulfide) groups is 1. The van der Waals surface area contributed by atoms with Crippen LogP contribution in [0.2, 0.25) is 5.02 Å². The summed E-state index contributed by atoms with van der Waals surface area (Å²) in [6.45, 7) is 0. The fourth-order valence-electron chi connectivity index (χ4n) is 1.19. The van der Waals surface area contributed by atoms with E-state index in [1.807, 2.05) is 6.07 Å². The zero-order valence-corrected chi connectivity index (χ0v) is 10.2. The van der Waals surface area contributed by atoms with E-state index in [2.05, 4.69) is 4.98 Å². The molecule has 0 spiro atoms. The molecule has 88 valence electrons. The summed E-state index contributed by atoms with van der Waals surface area (Å²) in [6, 6.07) is 6.86. The average Bonchev–Trinajstić information content (AvgIpc) is 2.80. The van der Waals surface area contributed by atoms with E-state index in [0.717, 1.165) is 5.76 Å². The molecule has 0 amide bonds. The molecule has 1 N–H and O–H groups in total. The third kappa shape index (κ3) is 3.01. The predicted molar refractivity (Wildman–Crippen MR) is 64.5 cm³/mol. The Balaban J connectivity index is 2.11. The maximum Gasteiger partial charge on any atom is 0.356 e. The Morgan fingerprint density at radius 2 is 2.29 bits per heavy atom. The molecule has 0 unspecified atom stereocenters. The van der Waals surface area contributed by atoms with Crippen LogP contribution >= 0.6 is 23.4 Å². The highest BCUT2D eigenvalue weighted by atomic mass is 35.5. The summed E-state index contributed by atoms with van der Waals surface area (Å²) in [5, 5.41) is 9.61. The largest absolute Gasteiger partial charge is 0.476 e. The van der Waals surface area contributed by atoms with Crippen LogP contribution in [0.4, 0.5) is 0 Å². The van der Waals surface area contributed by atoms with E-state index in [1.165, 1.54) is 17.8 Å².